The zero-order valence-corrected chi connectivity index (χ0v) is 7.94. The first kappa shape index (κ1) is 8.75. The Morgan fingerprint density at radius 1 is 1.75 bits per heavy atom. The number of carbonyl (C=O) groups excluding carboxylic acids is 1. The third-order valence-corrected chi connectivity index (χ3v) is 2.76. The van der Waals surface area contributed by atoms with Crippen molar-refractivity contribution in [2.75, 3.05) is 0 Å². The quantitative estimate of drug-likeness (QED) is 0.338. The van der Waals surface area contributed by atoms with Crippen LogP contribution < -0.4 is 0 Å². The van der Waals surface area contributed by atoms with Crippen molar-refractivity contribution >= 4 is 41.5 Å². The van der Waals surface area contributed by atoms with E-state index in [0.717, 1.165) is 6.29 Å². The van der Waals surface area contributed by atoms with E-state index in [4.69, 9.17) is 0 Å². The zero-order chi connectivity index (χ0) is 6.78. The molecule has 1 atom stereocenters. The van der Waals surface area contributed by atoms with Crippen molar-refractivity contribution in [3.8, 4) is 0 Å². The molecule has 48 valence electrons. The van der Waals surface area contributed by atoms with Gasteiger partial charge in [0.15, 0.2) is 0 Å². The van der Waals surface area contributed by atoms with Crippen LogP contribution in [0.1, 0.15) is 13.8 Å². The van der Waals surface area contributed by atoms with Gasteiger partial charge in [-0.3, -0.25) is 0 Å². The molecule has 3 heteroatoms. The van der Waals surface area contributed by atoms with Crippen LogP contribution in [0.25, 0.3) is 0 Å². The summed E-state index contributed by atoms with van der Waals surface area (Å²) < 4.78 is -0.0252. The van der Waals surface area contributed by atoms with E-state index < -0.39 is 0 Å². The summed E-state index contributed by atoms with van der Waals surface area (Å²) in [5.41, 5.74) is 0. The molecule has 0 bridgehead atoms. The van der Waals surface area contributed by atoms with Gasteiger partial charge in [0.2, 0.25) is 0 Å². The number of thiol groups is 1. The van der Waals surface area contributed by atoms with E-state index >= 15 is 0 Å². The molecule has 0 spiro atoms. The third kappa shape index (κ3) is 2.91. The number of carbonyl (C=O) groups is 1. The van der Waals surface area contributed by atoms with E-state index in [2.05, 4.69) is 35.2 Å². The summed E-state index contributed by atoms with van der Waals surface area (Å²) in [7, 11) is 0. The predicted molar refractivity (Wildman–Crippen MR) is 46.9 cm³/mol. The Morgan fingerprint density at radius 3 is 2.12 bits per heavy atom. The monoisotopic (exact) mass is 244 g/mol. The number of alkyl halides is 1. The second-order valence-corrected chi connectivity index (χ2v) is 5.48. The Bertz CT molecular complexity index is 86.9. The van der Waals surface area contributed by atoms with Gasteiger partial charge in [-0.1, -0.05) is 22.6 Å². The van der Waals surface area contributed by atoms with Crippen LogP contribution in [0.2, 0.25) is 0 Å². The fraction of sp³-hybridized carbons (Fsp3) is 0.800. The van der Waals surface area contributed by atoms with Crippen LogP contribution in [0.3, 0.4) is 0 Å². The highest BCUT2D eigenvalue weighted by atomic mass is 127. The van der Waals surface area contributed by atoms with Gasteiger partial charge in [-0.05, 0) is 13.8 Å². The molecule has 0 aliphatic rings. The summed E-state index contributed by atoms with van der Waals surface area (Å²) >= 11 is 6.23. The van der Waals surface area contributed by atoms with Crippen LogP contribution >= 0.6 is 35.2 Å². The fourth-order valence-corrected chi connectivity index (χ4v) is 0.309. The van der Waals surface area contributed by atoms with Crippen molar-refractivity contribution in [3.05, 3.63) is 0 Å². The minimum atomic E-state index is -0.150. The second kappa shape index (κ2) is 3.06. The molecule has 0 aliphatic heterocycles. The Morgan fingerprint density at radius 2 is 2.12 bits per heavy atom. The zero-order valence-electron chi connectivity index (χ0n) is 4.89. The van der Waals surface area contributed by atoms with Gasteiger partial charge in [-0.25, -0.2) is 0 Å². The molecule has 0 N–H and O–H groups in total. The molecule has 0 rings (SSSR count). The normalized spacial score (nSPS) is 15.5. The maximum atomic E-state index is 10.1. The Kier molecular flexibility index (Phi) is 3.34. The third-order valence-electron chi connectivity index (χ3n) is 0.832. The highest BCUT2D eigenvalue weighted by molar-refractivity contribution is 14.1. The van der Waals surface area contributed by atoms with E-state index in [-0.39, 0.29) is 8.67 Å². The number of hydrogen-bond donors (Lipinski definition) is 1. The Hall–Kier alpha value is 0.750. The Labute approximate surface area is 68.8 Å². The lowest BCUT2D eigenvalue weighted by Gasteiger charge is -2.17. The second-order valence-electron chi connectivity index (χ2n) is 2.15. The number of rotatable bonds is 2. The van der Waals surface area contributed by atoms with Crippen molar-refractivity contribution in [2.45, 2.75) is 22.5 Å². The maximum Gasteiger partial charge on any atom is 0.134 e. The largest absolute Gasteiger partial charge is 0.302 e. The van der Waals surface area contributed by atoms with Gasteiger partial charge in [0.1, 0.15) is 6.29 Å². The molecule has 0 saturated carbocycles. The Balaban J connectivity index is 3.80. The first-order chi connectivity index (χ1) is 3.48. The number of aldehydes is 1. The molecule has 0 aliphatic carbocycles. The fourth-order valence-electron chi connectivity index (χ4n) is 0.162. The molecule has 0 aromatic carbocycles. The molecule has 0 saturated heterocycles. The maximum absolute atomic E-state index is 10.1. The topological polar surface area (TPSA) is 17.1 Å². The number of hydrogen-bond acceptors (Lipinski definition) is 2. The van der Waals surface area contributed by atoms with E-state index in [1.807, 2.05) is 13.8 Å². The molecule has 0 fully saturated rings. The minimum Gasteiger partial charge on any atom is -0.302 e. The van der Waals surface area contributed by atoms with Crippen LogP contribution in [-0.4, -0.2) is 15.0 Å². The molecule has 0 radical (unpaired) electrons. The molecule has 1 unspecified atom stereocenters. The standard InChI is InChI=1S/C5H9IOS/c1-5(2,6)4(8)3-7/h3-4,8H,1-2H3. The summed E-state index contributed by atoms with van der Waals surface area (Å²) in [4.78, 5) is 10.1. The molecule has 8 heavy (non-hydrogen) atoms. The first-order valence-electron chi connectivity index (χ1n) is 2.30. The van der Waals surface area contributed by atoms with Gasteiger partial charge in [0, 0.05) is 3.42 Å². The van der Waals surface area contributed by atoms with Crippen molar-refractivity contribution in [1.82, 2.24) is 0 Å². The highest BCUT2D eigenvalue weighted by Crippen LogP contribution is 2.23. The van der Waals surface area contributed by atoms with Crippen LogP contribution in [-0.2, 0) is 4.79 Å². The molecule has 1 nitrogen and oxygen atoms in total. The minimum absolute atomic E-state index is 0.0252. The molecule has 0 aromatic rings. The predicted octanol–water partition coefficient (Wildman–Crippen LogP) is 1.70. The van der Waals surface area contributed by atoms with Gasteiger partial charge in [0.05, 0.1) is 5.25 Å². The van der Waals surface area contributed by atoms with Gasteiger partial charge in [-0.2, -0.15) is 12.6 Å². The van der Waals surface area contributed by atoms with Gasteiger partial charge < -0.3 is 4.79 Å². The van der Waals surface area contributed by atoms with E-state index in [9.17, 15) is 4.79 Å². The van der Waals surface area contributed by atoms with Crippen LogP contribution in [0.15, 0.2) is 0 Å². The van der Waals surface area contributed by atoms with Crippen LogP contribution in [0, 0.1) is 0 Å². The molecular weight excluding hydrogens is 235 g/mol. The van der Waals surface area contributed by atoms with Crippen molar-refractivity contribution in [1.29, 1.82) is 0 Å². The smallest absolute Gasteiger partial charge is 0.134 e. The van der Waals surface area contributed by atoms with Crippen LogP contribution in [0.5, 0.6) is 0 Å². The summed E-state index contributed by atoms with van der Waals surface area (Å²) in [5, 5.41) is -0.150. The average molecular weight is 244 g/mol. The lowest BCUT2D eigenvalue weighted by atomic mass is 10.1. The van der Waals surface area contributed by atoms with Gasteiger partial charge in [0.25, 0.3) is 0 Å². The molecule has 0 heterocycles. The van der Waals surface area contributed by atoms with Crippen molar-refractivity contribution in [3.63, 3.8) is 0 Å². The first-order valence-corrected chi connectivity index (χ1v) is 3.90. The SMILES string of the molecule is CC(C)(I)C(S)C=O. The summed E-state index contributed by atoms with van der Waals surface area (Å²) in [6, 6.07) is 0. The van der Waals surface area contributed by atoms with Gasteiger partial charge in [-0.15, -0.1) is 0 Å². The van der Waals surface area contributed by atoms with E-state index in [1.54, 1.807) is 0 Å². The van der Waals surface area contributed by atoms with Crippen molar-refractivity contribution < 1.29 is 4.79 Å². The lowest BCUT2D eigenvalue weighted by molar-refractivity contribution is -0.107. The summed E-state index contributed by atoms with van der Waals surface area (Å²) in [5.74, 6) is 0. The highest BCUT2D eigenvalue weighted by Gasteiger charge is 2.21. The molecule has 0 amide bonds. The van der Waals surface area contributed by atoms with E-state index in [0.29, 0.717) is 0 Å². The molecular formula is C5H9IOS. The van der Waals surface area contributed by atoms with Gasteiger partial charge >= 0.3 is 0 Å². The van der Waals surface area contributed by atoms with Crippen LogP contribution in [0.4, 0.5) is 0 Å². The van der Waals surface area contributed by atoms with E-state index in [1.165, 1.54) is 0 Å². The lowest BCUT2D eigenvalue weighted by Crippen LogP contribution is -2.25. The average Bonchev–Trinajstić information content (AvgIpc) is 1.62. The molecule has 0 aromatic heterocycles. The van der Waals surface area contributed by atoms with Crippen molar-refractivity contribution in [2.24, 2.45) is 0 Å². The summed E-state index contributed by atoms with van der Waals surface area (Å²) in [6.07, 6.45) is 0.857. The summed E-state index contributed by atoms with van der Waals surface area (Å²) in [6.45, 7) is 3.94. The number of halogens is 1.